The fraction of sp³-hybridized carbons (Fsp3) is 0.488. The molecule has 0 radical (unpaired) electrons. The molecule has 300 valence electrons. The lowest BCUT2D eigenvalue weighted by molar-refractivity contribution is -0.119. The van der Waals surface area contributed by atoms with Crippen LogP contribution in [-0.4, -0.2) is 54.1 Å². The third-order valence-electron chi connectivity index (χ3n) is 10.4. The molecule has 12 nitrogen and oxygen atoms in total. The normalized spacial score (nSPS) is 15.3. The van der Waals surface area contributed by atoms with Crippen molar-refractivity contribution in [3.8, 4) is 5.75 Å². The molecule has 2 aliphatic rings. The average molecular weight is 786 g/mol. The number of rotatable bonds is 12. The summed E-state index contributed by atoms with van der Waals surface area (Å²) in [7, 11) is 0. The number of benzene rings is 2. The van der Waals surface area contributed by atoms with Crippen molar-refractivity contribution in [1.29, 1.82) is 0 Å². The highest BCUT2D eigenvalue weighted by molar-refractivity contribution is 7.20. The van der Waals surface area contributed by atoms with Crippen molar-refractivity contribution in [3.63, 3.8) is 0 Å². The first-order valence-corrected chi connectivity index (χ1v) is 20.6. The number of carbonyl (C=O) groups is 3. The molecule has 2 N–H and O–H groups in total. The summed E-state index contributed by atoms with van der Waals surface area (Å²) in [5, 5.41) is 12.8. The molecule has 0 bridgehead atoms. The van der Waals surface area contributed by atoms with E-state index in [4.69, 9.17) is 9.84 Å². The van der Waals surface area contributed by atoms with Gasteiger partial charge in [0.05, 0.1) is 19.0 Å². The largest absolute Gasteiger partial charge is 0.490 e. The third-order valence-corrected chi connectivity index (χ3v) is 11.5. The summed E-state index contributed by atoms with van der Waals surface area (Å²) in [6, 6.07) is 12.2. The quantitative estimate of drug-likeness (QED) is 0.131. The van der Waals surface area contributed by atoms with Gasteiger partial charge in [0, 0.05) is 36.7 Å². The number of aryl methyl sites for hydroxylation is 4. The minimum atomic E-state index is -0.846. The Balaban J connectivity index is 0.000000165. The van der Waals surface area contributed by atoms with E-state index in [1.54, 1.807) is 15.2 Å². The lowest BCUT2D eigenvalue weighted by Crippen LogP contribution is -2.40. The molecule has 1 atom stereocenters. The van der Waals surface area contributed by atoms with E-state index in [1.165, 1.54) is 77.1 Å². The van der Waals surface area contributed by atoms with Gasteiger partial charge < -0.3 is 19.7 Å². The molecule has 13 heteroatoms. The van der Waals surface area contributed by atoms with Crippen molar-refractivity contribution in [2.45, 2.75) is 131 Å². The smallest absolute Gasteiger partial charge is 0.345 e. The molecule has 2 aromatic carbocycles. The van der Waals surface area contributed by atoms with Gasteiger partial charge in [0.15, 0.2) is 11.2 Å². The number of amides is 1. The predicted octanol–water partition coefficient (Wildman–Crippen LogP) is 7.69. The minimum absolute atomic E-state index is 0.0601. The van der Waals surface area contributed by atoms with Gasteiger partial charge in [-0.15, -0.1) is 11.3 Å². The Hall–Kier alpha value is -5.04. The van der Waals surface area contributed by atoms with Crippen molar-refractivity contribution in [1.82, 2.24) is 24.0 Å². The molecular formula is C43H55N5O7S. The number of nitrogens with one attached hydrogen (secondary N) is 1. The second-order valence-electron chi connectivity index (χ2n) is 15.0. The van der Waals surface area contributed by atoms with Crippen LogP contribution in [0.25, 0.3) is 21.3 Å². The Morgan fingerprint density at radius 2 is 1.61 bits per heavy atom. The summed E-state index contributed by atoms with van der Waals surface area (Å²) in [5.41, 5.74) is 4.87. The molecule has 1 amide bonds. The number of carbonyl (C=O) groups excluding carboxylic acids is 2. The van der Waals surface area contributed by atoms with Crippen molar-refractivity contribution < 1.29 is 24.2 Å². The first kappa shape index (κ1) is 42.1. The van der Waals surface area contributed by atoms with Gasteiger partial charge in [-0.1, -0.05) is 44.9 Å². The van der Waals surface area contributed by atoms with Crippen LogP contribution in [0.3, 0.4) is 0 Å². The van der Waals surface area contributed by atoms with Gasteiger partial charge in [-0.25, -0.2) is 14.6 Å². The number of carboxylic acids is 1. The van der Waals surface area contributed by atoms with Gasteiger partial charge in [0.2, 0.25) is 5.91 Å². The van der Waals surface area contributed by atoms with E-state index in [1.807, 2.05) is 39.8 Å². The molecule has 1 saturated carbocycles. The number of hydrogen-bond acceptors (Lipinski definition) is 8. The fourth-order valence-electron chi connectivity index (χ4n) is 7.06. The maximum atomic E-state index is 12.7. The van der Waals surface area contributed by atoms with Crippen LogP contribution >= 0.6 is 11.3 Å². The summed E-state index contributed by atoms with van der Waals surface area (Å²) >= 11 is 1.33. The van der Waals surface area contributed by atoms with Crippen LogP contribution in [0.2, 0.25) is 0 Å². The van der Waals surface area contributed by atoms with Crippen LogP contribution in [0.1, 0.15) is 116 Å². The molecule has 1 aliphatic carbocycles. The van der Waals surface area contributed by atoms with E-state index in [9.17, 15) is 24.0 Å². The zero-order valence-corrected chi connectivity index (χ0v) is 34.3. The zero-order valence-electron chi connectivity index (χ0n) is 33.5. The number of hydrogen-bond donors (Lipinski definition) is 2. The number of aromatic nitrogens is 4. The molecule has 0 spiro atoms. The average Bonchev–Trinajstić information content (AvgIpc) is 3.99. The maximum absolute atomic E-state index is 12.7. The van der Waals surface area contributed by atoms with Crippen molar-refractivity contribution in [2.24, 2.45) is 0 Å². The number of ether oxygens (including phenoxy) is 1. The molecule has 1 aliphatic heterocycles. The molecular weight excluding hydrogens is 731 g/mol. The number of carboxylic acid groups (broad SMARTS) is 1. The van der Waals surface area contributed by atoms with E-state index in [0.717, 1.165) is 48.1 Å². The van der Waals surface area contributed by atoms with Crippen LogP contribution < -0.4 is 21.3 Å². The molecule has 7 rings (SSSR count). The number of aromatic carboxylic acids is 1. The van der Waals surface area contributed by atoms with Gasteiger partial charge >= 0.3 is 11.7 Å². The highest BCUT2D eigenvalue weighted by Gasteiger charge is 2.25. The SMILES string of the molecule is CCCCn1c(=O)c2c(ncn2CC(C)=O)n(CCCC)c1=O.Cc1cc2cc(C(=O)O)sc2cc1C.Cc1ccc(C2CNC(=O)C2)cc1OC1CCCC1. The first-order chi connectivity index (χ1) is 26.8. The van der Waals surface area contributed by atoms with Gasteiger partial charge in [0.25, 0.3) is 5.56 Å². The van der Waals surface area contributed by atoms with Crippen molar-refractivity contribution in [2.75, 3.05) is 6.54 Å². The molecule has 1 saturated heterocycles. The van der Waals surface area contributed by atoms with Gasteiger partial charge in [-0.2, -0.15) is 0 Å². The number of ketones is 1. The van der Waals surface area contributed by atoms with E-state index in [0.29, 0.717) is 47.6 Å². The number of nitrogens with zero attached hydrogens (tertiary/aromatic N) is 4. The number of imidazole rings is 1. The molecule has 1 unspecified atom stereocenters. The second-order valence-corrected chi connectivity index (χ2v) is 16.1. The molecule has 2 fully saturated rings. The van der Waals surface area contributed by atoms with Crippen LogP contribution in [0.5, 0.6) is 5.75 Å². The van der Waals surface area contributed by atoms with Crippen molar-refractivity contribution >= 4 is 50.2 Å². The zero-order chi connectivity index (χ0) is 40.5. The summed E-state index contributed by atoms with van der Waals surface area (Å²) in [5.74, 6) is 0.559. The van der Waals surface area contributed by atoms with E-state index < -0.39 is 5.97 Å². The topological polar surface area (TPSA) is 155 Å². The van der Waals surface area contributed by atoms with Crippen molar-refractivity contribution in [3.05, 3.63) is 90.7 Å². The Morgan fingerprint density at radius 3 is 2.23 bits per heavy atom. The predicted molar refractivity (Wildman–Crippen MR) is 221 cm³/mol. The first-order valence-electron chi connectivity index (χ1n) is 19.8. The van der Waals surface area contributed by atoms with Crippen LogP contribution in [-0.2, 0) is 29.2 Å². The van der Waals surface area contributed by atoms with Gasteiger partial charge in [0.1, 0.15) is 16.4 Å². The van der Waals surface area contributed by atoms with Crippen LogP contribution in [0.15, 0.2) is 52.3 Å². The minimum Gasteiger partial charge on any atom is -0.490 e. The second kappa shape index (κ2) is 19.2. The highest BCUT2D eigenvalue weighted by Crippen LogP contribution is 2.32. The number of unbranched alkanes of at least 4 members (excludes halogenated alkanes) is 2. The lowest BCUT2D eigenvalue weighted by atomic mass is 9.97. The van der Waals surface area contributed by atoms with Gasteiger partial charge in [-0.05, 0) is 112 Å². The van der Waals surface area contributed by atoms with Crippen LogP contribution in [0.4, 0.5) is 0 Å². The Labute approximate surface area is 331 Å². The van der Waals surface area contributed by atoms with Gasteiger partial charge in [-0.3, -0.25) is 23.5 Å². The Bertz CT molecular complexity index is 2270. The van der Waals surface area contributed by atoms with E-state index in [-0.39, 0.29) is 29.5 Å². The molecule has 5 aromatic rings. The molecule has 3 aromatic heterocycles. The molecule has 56 heavy (non-hydrogen) atoms. The maximum Gasteiger partial charge on any atom is 0.345 e. The van der Waals surface area contributed by atoms with E-state index in [2.05, 4.69) is 35.4 Å². The lowest BCUT2D eigenvalue weighted by Gasteiger charge is -2.17. The monoisotopic (exact) mass is 785 g/mol. The fourth-order valence-corrected chi connectivity index (χ4v) is 8.04. The number of fused-ring (bicyclic) bond motifs is 2. The summed E-state index contributed by atoms with van der Waals surface area (Å²) < 4.78 is 11.6. The molecule has 4 heterocycles. The number of Topliss-reactive ketones (excluding diaryl/α,β-unsaturated/α-hetero) is 1. The third kappa shape index (κ3) is 10.2. The Kier molecular flexibility index (Phi) is 14.4. The summed E-state index contributed by atoms with van der Waals surface area (Å²) in [6.07, 6.45) is 10.8. The summed E-state index contributed by atoms with van der Waals surface area (Å²) in [4.78, 5) is 63.5. The van der Waals surface area contributed by atoms with Crippen LogP contribution in [0, 0.1) is 20.8 Å². The van der Waals surface area contributed by atoms with E-state index >= 15 is 0 Å². The standard InChI is InChI=1S/C16H24N4O3.C16H21NO2.C11H10O2S/c1-4-6-8-19-14-13(18(11-17-14)10-12(3)21)15(22)20(16(19)23)9-7-5-2;1-11-6-7-12(13-9-16(18)17-10-13)8-15(11)19-14-4-2-3-5-14;1-6-3-8-5-10(11(12)13)14-9(8)4-7(6)2/h11H,4-10H2,1-3H3;6-8,13-14H,2-5,9-10H2,1H3,(H,17,18);3-5H,1-2H3,(H,12,13). The number of thiophene rings is 1. The summed E-state index contributed by atoms with van der Waals surface area (Å²) in [6.45, 7) is 13.4. The highest BCUT2D eigenvalue weighted by atomic mass is 32.1. The Morgan fingerprint density at radius 1 is 0.929 bits per heavy atom.